The fourth-order valence-corrected chi connectivity index (χ4v) is 2.18. The maximum Gasteiger partial charge on any atom is 0.247 e. The van der Waals surface area contributed by atoms with E-state index in [2.05, 4.69) is 0 Å². The quantitative estimate of drug-likeness (QED) is 0.562. The first-order chi connectivity index (χ1) is 7.76. The van der Waals surface area contributed by atoms with E-state index in [0.717, 1.165) is 11.1 Å². The van der Waals surface area contributed by atoms with E-state index >= 15 is 0 Å². The number of rotatable bonds is 2. The van der Waals surface area contributed by atoms with Gasteiger partial charge in [0.15, 0.2) is 0 Å². The van der Waals surface area contributed by atoms with E-state index in [4.69, 9.17) is 19.2 Å². The Labute approximate surface area is 93.3 Å². The van der Waals surface area contributed by atoms with E-state index in [9.17, 15) is 0 Å². The SMILES string of the molecule is COC12C=CC(OC)(OO1)c1ccccc12. The van der Waals surface area contributed by atoms with E-state index in [-0.39, 0.29) is 0 Å². The van der Waals surface area contributed by atoms with Gasteiger partial charge in [-0.1, -0.05) is 24.3 Å². The molecule has 1 aliphatic carbocycles. The molecule has 0 saturated heterocycles. The second kappa shape index (κ2) is 3.15. The van der Waals surface area contributed by atoms with Crippen molar-refractivity contribution >= 4 is 0 Å². The van der Waals surface area contributed by atoms with Crippen molar-refractivity contribution in [1.29, 1.82) is 0 Å². The largest absolute Gasteiger partial charge is 0.344 e. The van der Waals surface area contributed by atoms with Crippen LogP contribution in [-0.2, 0) is 30.8 Å². The second-order valence-corrected chi connectivity index (χ2v) is 3.79. The summed E-state index contributed by atoms with van der Waals surface area (Å²) in [6.45, 7) is 0. The molecule has 1 aromatic rings. The number of hydrogen-bond acceptors (Lipinski definition) is 4. The van der Waals surface area contributed by atoms with E-state index in [1.165, 1.54) is 0 Å². The first-order valence-corrected chi connectivity index (χ1v) is 5.04. The fourth-order valence-electron chi connectivity index (χ4n) is 2.18. The Morgan fingerprint density at radius 2 is 1.31 bits per heavy atom. The molecule has 0 saturated carbocycles. The van der Waals surface area contributed by atoms with E-state index < -0.39 is 11.6 Å². The Hall–Kier alpha value is -1.20. The molecule has 4 heteroatoms. The number of fused-ring (bicyclic) bond motifs is 1. The highest BCUT2D eigenvalue weighted by atomic mass is 17.3. The van der Waals surface area contributed by atoms with Crippen molar-refractivity contribution in [3.05, 3.63) is 47.5 Å². The molecule has 84 valence electrons. The van der Waals surface area contributed by atoms with Gasteiger partial charge >= 0.3 is 0 Å². The van der Waals surface area contributed by atoms with Crippen LogP contribution in [0.1, 0.15) is 11.1 Å². The summed E-state index contributed by atoms with van der Waals surface area (Å²) in [4.78, 5) is 10.6. The molecule has 2 unspecified atom stereocenters. The van der Waals surface area contributed by atoms with Gasteiger partial charge in [-0.25, -0.2) is 0 Å². The van der Waals surface area contributed by atoms with E-state index in [1.54, 1.807) is 14.2 Å². The lowest BCUT2D eigenvalue weighted by molar-refractivity contribution is -0.510. The molecule has 1 aromatic carbocycles. The molecule has 3 aliphatic rings. The average Bonchev–Trinajstić information content (AvgIpc) is 2.40. The van der Waals surface area contributed by atoms with Crippen molar-refractivity contribution in [3.63, 3.8) is 0 Å². The van der Waals surface area contributed by atoms with Crippen molar-refractivity contribution in [2.45, 2.75) is 11.6 Å². The predicted molar refractivity (Wildman–Crippen MR) is 55.1 cm³/mol. The van der Waals surface area contributed by atoms with E-state index in [1.807, 2.05) is 36.4 Å². The summed E-state index contributed by atoms with van der Waals surface area (Å²) in [5, 5.41) is 0. The highest BCUT2D eigenvalue weighted by molar-refractivity contribution is 5.44. The van der Waals surface area contributed by atoms with Crippen LogP contribution in [0, 0.1) is 0 Å². The maximum absolute atomic E-state index is 5.39. The Morgan fingerprint density at radius 1 is 0.875 bits per heavy atom. The standard InChI is InChI=1S/C12H12O4/c1-13-11-7-8-12(14-2,16-15-11)10-6-4-3-5-9(10)11/h3-8H,1-2H3. The zero-order valence-electron chi connectivity index (χ0n) is 9.10. The third kappa shape index (κ3) is 1.02. The van der Waals surface area contributed by atoms with Gasteiger partial charge in [-0.2, -0.15) is 9.78 Å². The molecule has 2 atom stereocenters. The van der Waals surface area contributed by atoms with Gasteiger partial charge in [0.2, 0.25) is 11.6 Å². The molecule has 2 bridgehead atoms. The minimum Gasteiger partial charge on any atom is -0.344 e. The van der Waals surface area contributed by atoms with Crippen LogP contribution in [0.15, 0.2) is 36.4 Å². The molecule has 0 aromatic heterocycles. The minimum atomic E-state index is -0.948. The zero-order chi connectivity index (χ0) is 11.2. The molecule has 4 nitrogen and oxygen atoms in total. The van der Waals surface area contributed by atoms with Crippen LogP contribution in [0.25, 0.3) is 0 Å². The molecule has 0 amide bonds. The van der Waals surface area contributed by atoms with Crippen molar-refractivity contribution in [2.75, 3.05) is 14.2 Å². The number of methoxy groups -OCH3 is 2. The molecule has 0 fully saturated rings. The monoisotopic (exact) mass is 220 g/mol. The Kier molecular flexibility index (Phi) is 1.96. The summed E-state index contributed by atoms with van der Waals surface area (Å²) < 4.78 is 10.8. The lowest BCUT2D eigenvalue weighted by atomic mass is 9.87. The molecule has 0 radical (unpaired) electrons. The van der Waals surface area contributed by atoms with Gasteiger partial charge in [0.1, 0.15) is 0 Å². The zero-order valence-corrected chi connectivity index (χ0v) is 9.10. The normalized spacial score (nSPS) is 35.1. The molecular formula is C12H12O4. The summed E-state index contributed by atoms with van der Waals surface area (Å²) in [5.41, 5.74) is 1.82. The molecule has 4 rings (SSSR count). The predicted octanol–water partition coefficient (Wildman–Crippen LogP) is 1.82. The van der Waals surface area contributed by atoms with Gasteiger partial charge in [-0.3, -0.25) is 0 Å². The highest BCUT2D eigenvalue weighted by Crippen LogP contribution is 2.49. The number of benzene rings is 1. The number of hydrogen-bond donors (Lipinski definition) is 0. The van der Waals surface area contributed by atoms with Crippen molar-refractivity contribution in [1.82, 2.24) is 0 Å². The molecule has 0 spiro atoms. The van der Waals surface area contributed by atoms with Gasteiger partial charge in [0.25, 0.3) is 0 Å². The lowest BCUT2D eigenvalue weighted by Gasteiger charge is -2.45. The van der Waals surface area contributed by atoms with Crippen LogP contribution in [-0.4, -0.2) is 14.2 Å². The molecule has 2 heterocycles. The highest BCUT2D eigenvalue weighted by Gasteiger charge is 2.53. The molecule has 2 aliphatic heterocycles. The van der Waals surface area contributed by atoms with Crippen LogP contribution in [0.2, 0.25) is 0 Å². The van der Waals surface area contributed by atoms with Crippen molar-refractivity contribution < 1.29 is 19.2 Å². The topological polar surface area (TPSA) is 36.9 Å². The van der Waals surface area contributed by atoms with Gasteiger partial charge in [-0.15, -0.1) is 0 Å². The average molecular weight is 220 g/mol. The fraction of sp³-hybridized carbons (Fsp3) is 0.333. The van der Waals surface area contributed by atoms with Gasteiger partial charge in [0, 0.05) is 25.3 Å². The lowest BCUT2D eigenvalue weighted by Crippen LogP contribution is -2.48. The Bertz CT molecular complexity index is 415. The van der Waals surface area contributed by atoms with Gasteiger partial charge < -0.3 is 9.47 Å². The smallest absolute Gasteiger partial charge is 0.247 e. The van der Waals surface area contributed by atoms with Gasteiger partial charge in [-0.05, 0) is 12.2 Å². The molecule has 16 heavy (non-hydrogen) atoms. The van der Waals surface area contributed by atoms with Gasteiger partial charge in [0.05, 0.1) is 0 Å². The number of ether oxygens (including phenoxy) is 2. The summed E-state index contributed by atoms with van der Waals surface area (Å²) in [5.74, 6) is -1.90. The first-order valence-electron chi connectivity index (χ1n) is 5.04. The van der Waals surface area contributed by atoms with E-state index in [0.29, 0.717) is 0 Å². The van der Waals surface area contributed by atoms with Crippen LogP contribution in [0.3, 0.4) is 0 Å². The molecular weight excluding hydrogens is 208 g/mol. The van der Waals surface area contributed by atoms with Crippen LogP contribution in [0.4, 0.5) is 0 Å². The van der Waals surface area contributed by atoms with Crippen molar-refractivity contribution in [3.8, 4) is 0 Å². The van der Waals surface area contributed by atoms with Crippen LogP contribution in [0.5, 0.6) is 0 Å². The second-order valence-electron chi connectivity index (χ2n) is 3.79. The third-order valence-electron chi connectivity index (χ3n) is 3.10. The van der Waals surface area contributed by atoms with Crippen LogP contribution >= 0.6 is 0 Å². The van der Waals surface area contributed by atoms with Crippen LogP contribution < -0.4 is 0 Å². The minimum absolute atomic E-state index is 0.910. The van der Waals surface area contributed by atoms with Crippen molar-refractivity contribution in [2.24, 2.45) is 0 Å². The summed E-state index contributed by atoms with van der Waals surface area (Å²) in [6.07, 6.45) is 3.62. The maximum atomic E-state index is 5.39. The summed E-state index contributed by atoms with van der Waals surface area (Å²) >= 11 is 0. The Morgan fingerprint density at radius 3 is 1.62 bits per heavy atom. The summed E-state index contributed by atoms with van der Waals surface area (Å²) in [6, 6.07) is 7.75. The first kappa shape index (κ1) is 9.99. The third-order valence-corrected chi connectivity index (χ3v) is 3.10. The molecule has 0 N–H and O–H groups in total. The Balaban J connectivity index is 2.27. The summed E-state index contributed by atoms with van der Waals surface area (Å²) in [7, 11) is 3.16.